The summed E-state index contributed by atoms with van der Waals surface area (Å²) in [6, 6.07) is 103. The SMILES string of the molecule is Cc1ccc2c(c1)c1cc(C)ccc1n2-c1ccc(-c2nc(-c3ccccc3)nc(-c3ccccc3)n2)cc1-c1nc(-c2ccccc2)nc(-c2ccc(-c3ccc4c5c3N(c3ccccc3)c3ccccc3B5c3ccccc3N4c3ccccc3)cc2)n1. The quantitative estimate of drug-likeness (QED) is 0.125. The van der Waals surface area contributed by atoms with Crippen LogP contribution in [0.1, 0.15) is 11.1 Å². The van der Waals surface area contributed by atoms with Gasteiger partial charge in [-0.3, -0.25) is 0 Å². The van der Waals surface area contributed by atoms with E-state index in [1.54, 1.807) is 0 Å². The van der Waals surface area contributed by atoms with Crippen molar-refractivity contribution in [3.05, 3.63) is 302 Å². The molecule has 0 aliphatic carbocycles. The van der Waals surface area contributed by atoms with E-state index >= 15 is 0 Å². The second-order valence-electron chi connectivity index (χ2n) is 23.2. The molecule has 12 aromatic carbocycles. The molecule has 0 N–H and O–H groups in total. The Morgan fingerprint density at radius 1 is 0.278 bits per heavy atom. The largest absolute Gasteiger partial charge is 0.311 e. The van der Waals surface area contributed by atoms with Crippen molar-refractivity contribution < 1.29 is 0 Å². The van der Waals surface area contributed by atoms with Gasteiger partial charge in [0.05, 0.1) is 22.4 Å². The molecule has 0 radical (unpaired) electrons. The van der Waals surface area contributed by atoms with Crippen molar-refractivity contribution in [1.82, 2.24) is 34.5 Å². The van der Waals surface area contributed by atoms with Crippen LogP contribution in [0.5, 0.6) is 0 Å². The predicted molar refractivity (Wildman–Crippen MR) is 369 cm³/mol. The van der Waals surface area contributed by atoms with Crippen LogP contribution < -0.4 is 26.2 Å². The number of hydrogen-bond donors (Lipinski definition) is 0. The van der Waals surface area contributed by atoms with E-state index in [1.165, 1.54) is 44.0 Å². The first-order valence-corrected chi connectivity index (χ1v) is 30.5. The average molecular weight is 1150 g/mol. The van der Waals surface area contributed by atoms with Gasteiger partial charge in [-0.25, -0.2) is 29.9 Å². The Balaban J connectivity index is 0.873. The Kier molecular flexibility index (Phi) is 12.5. The monoisotopic (exact) mass is 1150 g/mol. The Morgan fingerprint density at radius 3 is 1.18 bits per heavy atom. The molecule has 90 heavy (non-hydrogen) atoms. The highest BCUT2D eigenvalue weighted by Gasteiger charge is 2.44. The van der Waals surface area contributed by atoms with Gasteiger partial charge < -0.3 is 14.4 Å². The topological polar surface area (TPSA) is 88.7 Å². The van der Waals surface area contributed by atoms with Gasteiger partial charge in [0.25, 0.3) is 6.71 Å². The van der Waals surface area contributed by atoms with Crippen LogP contribution >= 0.6 is 0 Å². The van der Waals surface area contributed by atoms with Crippen LogP contribution in [0.3, 0.4) is 0 Å². The standard InChI is InChI=1S/C80H54BN9/c1-51-36-44-67-62(48-51)63-49-52(2)37-45-68(63)90(67)69-46-42-58(79-84-75(54-22-8-3-9-23-54)82-76(85-79)55-24-10-4-11-25-55)50-64(69)80-86-77(56-26-12-5-13-27-56)83-78(87-80)57-40-38-53(39-41-57)61-43-47-72-73-74(61)89(60-30-16-7-17-31-60)71-35-21-19-33-66(71)81(73)65-32-18-20-34-70(65)88(72)59-28-14-6-15-29-59/h3-50H,1-2H3. The molecule has 0 unspecified atom stereocenters. The van der Waals surface area contributed by atoms with Crippen LogP contribution in [-0.2, 0) is 0 Å². The summed E-state index contributed by atoms with van der Waals surface area (Å²) in [5.74, 6) is 3.26. The molecular formula is C80H54BN9. The second kappa shape index (κ2) is 21.5. The first kappa shape index (κ1) is 52.5. The maximum atomic E-state index is 5.57. The smallest absolute Gasteiger partial charge is 0.252 e. The Bertz CT molecular complexity index is 5150. The molecule has 5 heterocycles. The molecule has 0 fully saturated rings. The third-order valence-corrected chi connectivity index (χ3v) is 17.6. The minimum absolute atomic E-state index is 0.0253. The lowest BCUT2D eigenvalue weighted by molar-refractivity contribution is 1.06. The minimum atomic E-state index is -0.0253. The van der Waals surface area contributed by atoms with Gasteiger partial charge in [-0.2, -0.15) is 0 Å². The van der Waals surface area contributed by atoms with Crippen LogP contribution in [0.2, 0.25) is 0 Å². The molecule has 0 atom stereocenters. The lowest BCUT2D eigenvalue weighted by Crippen LogP contribution is -2.61. The number of aromatic nitrogens is 7. The average Bonchev–Trinajstić information content (AvgIpc) is 0.841. The van der Waals surface area contributed by atoms with Gasteiger partial charge in [0.1, 0.15) is 0 Å². The number of para-hydroxylation sites is 4. The normalized spacial score (nSPS) is 12.3. The third-order valence-electron chi connectivity index (χ3n) is 17.6. The number of hydrogen-bond acceptors (Lipinski definition) is 8. The summed E-state index contributed by atoms with van der Waals surface area (Å²) in [6.07, 6.45) is 0. The fraction of sp³-hybridized carbons (Fsp3) is 0.0250. The molecule has 0 amide bonds. The highest BCUT2D eigenvalue weighted by atomic mass is 15.2. The number of fused-ring (bicyclic) bond motifs is 7. The van der Waals surface area contributed by atoms with E-state index in [1.807, 2.05) is 78.9 Å². The van der Waals surface area contributed by atoms with E-state index in [2.05, 4.69) is 241 Å². The maximum absolute atomic E-state index is 5.57. The number of benzene rings is 12. The molecule has 0 saturated heterocycles. The predicted octanol–water partition coefficient (Wildman–Crippen LogP) is 17.5. The van der Waals surface area contributed by atoms with Gasteiger partial charge in [0.2, 0.25) is 0 Å². The third kappa shape index (κ3) is 8.87. The molecule has 0 bridgehead atoms. The van der Waals surface area contributed by atoms with Gasteiger partial charge >= 0.3 is 0 Å². The first-order valence-electron chi connectivity index (χ1n) is 30.5. The zero-order valence-electron chi connectivity index (χ0n) is 49.3. The van der Waals surface area contributed by atoms with Crippen molar-refractivity contribution in [2.45, 2.75) is 13.8 Å². The summed E-state index contributed by atoms with van der Waals surface area (Å²) in [5.41, 5.74) is 23.3. The first-order chi connectivity index (χ1) is 44.5. The van der Waals surface area contributed by atoms with Gasteiger partial charge in [0, 0.05) is 78.2 Å². The Labute approximate surface area is 521 Å². The molecule has 10 heteroatoms. The Morgan fingerprint density at radius 2 is 0.667 bits per heavy atom. The number of aryl methyl sites for hydroxylation is 2. The van der Waals surface area contributed by atoms with Crippen molar-refractivity contribution in [1.29, 1.82) is 0 Å². The highest BCUT2D eigenvalue weighted by Crippen LogP contribution is 2.48. The van der Waals surface area contributed by atoms with Crippen molar-refractivity contribution >= 4 is 79.0 Å². The molecule has 0 spiro atoms. The van der Waals surface area contributed by atoms with E-state index in [0.717, 1.165) is 89.7 Å². The number of nitrogens with zero attached hydrogens (tertiary/aromatic N) is 9. The summed E-state index contributed by atoms with van der Waals surface area (Å²) in [6.45, 7) is 4.28. The molecule has 9 nitrogen and oxygen atoms in total. The molecule has 0 saturated carbocycles. The molecule has 3 aromatic heterocycles. The van der Waals surface area contributed by atoms with Crippen molar-refractivity contribution in [2.75, 3.05) is 9.80 Å². The van der Waals surface area contributed by atoms with E-state index in [4.69, 9.17) is 29.9 Å². The molecule has 2 aliphatic rings. The van der Waals surface area contributed by atoms with E-state index in [0.29, 0.717) is 34.9 Å². The minimum Gasteiger partial charge on any atom is -0.311 e. The molecule has 17 rings (SSSR count). The van der Waals surface area contributed by atoms with Crippen LogP contribution in [-0.4, -0.2) is 41.2 Å². The fourth-order valence-electron chi connectivity index (χ4n) is 13.5. The molecule has 15 aromatic rings. The van der Waals surface area contributed by atoms with E-state index in [9.17, 15) is 0 Å². The second-order valence-corrected chi connectivity index (χ2v) is 23.2. The maximum Gasteiger partial charge on any atom is 0.252 e. The summed E-state index contributed by atoms with van der Waals surface area (Å²) in [7, 11) is 0. The highest BCUT2D eigenvalue weighted by molar-refractivity contribution is 7.00. The van der Waals surface area contributed by atoms with Gasteiger partial charge in [-0.1, -0.05) is 217 Å². The van der Waals surface area contributed by atoms with Crippen molar-refractivity contribution in [3.63, 3.8) is 0 Å². The van der Waals surface area contributed by atoms with Gasteiger partial charge in [-0.15, -0.1) is 0 Å². The molecular weight excluding hydrogens is 1100 g/mol. The zero-order chi connectivity index (χ0) is 59.8. The zero-order valence-corrected chi connectivity index (χ0v) is 49.3. The van der Waals surface area contributed by atoms with E-state index in [-0.39, 0.29) is 6.71 Å². The molecule has 2 aliphatic heterocycles. The van der Waals surface area contributed by atoms with Gasteiger partial charge in [0.15, 0.2) is 34.9 Å². The van der Waals surface area contributed by atoms with Crippen molar-refractivity contribution in [3.8, 4) is 85.1 Å². The van der Waals surface area contributed by atoms with Crippen LogP contribution in [0.25, 0.3) is 107 Å². The lowest BCUT2D eigenvalue weighted by Gasteiger charge is -2.45. The summed E-state index contributed by atoms with van der Waals surface area (Å²) >= 11 is 0. The summed E-state index contributed by atoms with van der Waals surface area (Å²) in [5, 5.41) is 2.33. The lowest BCUT2D eigenvalue weighted by atomic mass is 9.33. The summed E-state index contributed by atoms with van der Waals surface area (Å²) < 4.78 is 2.35. The van der Waals surface area contributed by atoms with Crippen LogP contribution in [0.4, 0.5) is 34.1 Å². The van der Waals surface area contributed by atoms with Crippen LogP contribution in [0, 0.1) is 13.8 Å². The number of rotatable bonds is 10. The Hall–Kier alpha value is -11.9. The fourth-order valence-corrected chi connectivity index (χ4v) is 13.5. The van der Waals surface area contributed by atoms with Crippen LogP contribution in [0.15, 0.2) is 291 Å². The summed E-state index contributed by atoms with van der Waals surface area (Å²) in [4.78, 5) is 36.8. The van der Waals surface area contributed by atoms with Crippen molar-refractivity contribution in [2.24, 2.45) is 0 Å². The van der Waals surface area contributed by atoms with E-state index < -0.39 is 0 Å². The number of anilines is 6. The molecule has 422 valence electrons. The van der Waals surface area contributed by atoms with Gasteiger partial charge in [-0.05, 0) is 121 Å².